The van der Waals surface area contributed by atoms with Gasteiger partial charge in [-0.1, -0.05) is 13.8 Å². The predicted molar refractivity (Wildman–Crippen MR) is 96.9 cm³/mol. The molecule has 3 heteroatoms. The van der Waals surface area contributed by atoms with Crippen LogP contribution < -0.4 is 0 Å². The quantitative estimate of drug-likeness (QED) is 0.775. The lowest BCUT2D eigenvalue weighted by molar-refractivity contribution is -0.168. The Morgan fingerprint density at radius 3 is 2.44 bits per heavy atom. The molecule has 0 saturated heterocycles. The summed E-state index contributed by atoms with van der Waals surface area (Å²) in [7, 11) is 0. The molecule has 1 N–H and O–H groups in total. The number of hydrogen-bond donors (Lipinski definition) is 1. The Labute approximate surface area is 151 Å². The number of aliphatic hydroxyl groups is 1. The first-order valence-corrected chi connectivity index (χ1v) is 10.3. The first-order valence-electron chi connectivity index (χ1n) is 10.3. The lowest BCUT2D eigenvalue weighted by Crippen LogP contribution is -2.59. The van der Waals surface area contributed by atoms with Crippen LogP contribution in [0.5, 0.6) is 0 Å². The summed E-state index contributed by atoms with van der Waals surface area (Å²) in [5, 5.41) is 10.6. The fraction of sp³-hybridized carbons (Fsp3) is 0.909. The summed E-state index contributed by atoms with van der Waals surface area (Å²) in [5.41, 5.74) is -0.609. The van der Waals surface area contributed by atoms with Gasteiger partial charge in [0.25, 0.3) is 0 Å². The SMILES string of the molecule is CC(=O)[C@H]1CC[C@H]2[C@@H]3CCC4CC(C)(O)CC[C@]4(C)[C@H]3C(=O)C[C@]12C. The van der Waals surface area contributed by atoms with E-state index >= 15 is 0 Å². The molecule has 140 valence electrons. The molecule has 0 aromatic carbocycles. The second kappa shape index (κ2) is 5.41. The second-order valence-corrected chi connectivity index (χ2v) is 10.6. The zero-order valence-electron chi connectivity index (χ0n) is 16.3. The molecule has 2 unspecified atom stereocenters. The minimum Gasteiger partial charge on any atom is -0.390 e. The Kier molecular flexibility index (Phi) is 3.83. The number of Topliss-reactive ketones (excluding diaryl/α,β-unsaturated/α-hetero) is 2. The van der Waals surface area contributed by atoms with Crippen molar-refractivity contribution in [3.8, 4) is 0 Å². The van der Waals surface area contributed by atoms with Gasteiger partial charge in [-0.25, -0.2) is 0 Å². The van der Waals surface area contributed by atoms with E-state index in [1.54, 1.807) is 6.92 Å². The van der Waals surface area contributed by atoms with Crippen molar-refractivity contribution in [2.24, 2.45) is 40.4 Å². The number of carbonyl (C=O) groups excluding carboxylic acids is 2. The van der Waals surface area contributed by atoms with Gasteiger partial charge in [0, 0.05) is 18.3 Å². The maximum absolute atomic E-state index is 13.4. The molecule has 4 rings (SSSR count). The van der Waals surface area contributed by atoms with Crippen LogP contribution in [0.4, 0.5) is 0 Å². The monoisotopic (exact) mass is 346 g/mol. The normalized spacial score (nSPS) is 55.2. The third-order valence-electron chi connectivity index (χ3n) is 9.13. The first-order chi connectivity index (χ1) is 11.6. The average Bonchev–Trinajstić information content (AvgIpc) is 2.84. The summed E-state index contributed by atoms with van der Waals surface area (Å²) in [4.78, 5) is 25.6. The third-order valence-corrected chi connectivity index (χ3v) is 9.13. The molecule has 0 spiro atoms. The van der Waals surface area contributed by atoms with Gasteiger partial charge in [0.2, 0.25) is 0 Å². The molecule has 0 aromatic heterocycles. The van der Waals surface area contributed by atoms with E-state index < -0.39 is 5.60 Å². The van der Waals surface area contributed by atoms with Gasteiger partial charge in [-0.2, -0.15) is 0 Å². The molecule has 0 radical (unpaired) electrons. The van der Waals surface area contributed by atoms with Crippen molar-refractivity contribution in [1.82, 2.24) is 0 Å². The Bertz CT molecular complexity index is 608. The van der Waals surface area contributed by atoms with Gasteiger partial charge in [-0.3, -0.25) is 9.59 Å². The topological polar surface area (TPSA) is 54.4 Å². The molecule has 3 nitrogen and oxygen atoms in total. The Hall–Kier alpha value is -0.700. The molecule has 8 atom stereocenters. The highest BCUT2D eigenvalue weighted by atomic mass is 16.3. The molecule has 0 aliphatic heterocycles. The molecule has 4 saturated carbocycles. The van der Waals surface area contributed by atoms with E-state index in [1.807, 2.05) is 6.92 Å². The summed E-state index contributed by atoms with van der Waals surface area (Å²) >= 11 is 0. The highest BCUT2D eigenvalue weighted by Crippen LogP contribution is 2.67. The summed E-state index contributed by atoms with van der Waals surface area (Å²) in [6.07, 6.45) is 7.57. The van der Waals surface area contributed by atoms with Crippen LogP contribution in [-0.2, 0) is 9.59 Å². The molecule has 4 fully saturated rings. The van der Waals surface area contributed by atoms with Crippen LogP contribution in [0, 0.1) is 40.4 Å². The summed E-state index contributed by atoms with van der Waals surface area (Å²) in [6, 6.07) is 0. The maximum atomic E-state index is 13.4. The van der Waals surface area contributed by atoms with Gasteiger partial charge in [-0.05, 0) is 87.4 Å². The zero-order valence-corrected chi connectivity index (χ0v) is 16.3. The third kappa shape index (κ3) is 2.40. The van der Waals surface area contributed by atoms with Crippen LogP contribution in [0.3, 0.4) is 0 Å². The van der Waals surface area contributed by atoms with E-state index in [0.29, 0.717) is 30.0 Å². The lowest BCUT2D eigenvalue weighted by atomic mass is 9.43. The van der Waals surface area contributed by atoms with Crippen LogP contribution in [0.1, 0.15) is 79.1 Å². The van der Waals surface area contributed by atoms with Crippen LogP contribution in [0.2, 0.25) is 0 Å². The van der Waals surface area contributed by atoms with Gasteiger partial charge in [0.05, 0.1) is 5.60 Å². The zero-order chi connectivity index (χ0) is 18.2. The predicted octanol–water partition coefficient (Wildman–Crippen LogP) is 4.16. The van der Waals surface area contributed by atoms with E-state index in [4.69, 9.17) is 0 Å². The van der Waals surface area contributed by atoms with E-state index in [-0.39, 0.29) is 28.4 Å². The Balaban J connectivity index is 1.68. The molecule has 0 bridgehead atoms. The molecular formula is C22H34O3. The fourth-order valence-corrected chi connectivity index (χ4v) is 7.91. The summed E-state index contributed by atoms with van der Waals surface area (Å²) in [6.45, 7) is 8.25. The van der Waals surface area contributed by atoms with E-state index in [9.17, 15) is 14.7 Å². The summed E-state index contributed by atoms with van der Waals surface area (Å²) in [5.74, 6) is 2.40. The standard InChI is InChI=1S/C22H34O3/c1-13(23)16-7-8-17-15-6-5-14-11-20(2,25)9-10-21(14,3)19(15)18(24)12-22(16,17)4/h14-17,19,25H,5-12H2,1-4H3/t14?,15-,16+,17-,19+,20?,21-,22+/m0/s1. The van der Waals surface area contributed by atoms with Gasteiger partial charge >= 0.3 is 0 Å². The molecule has 0 aromatic rings. The molecule has 4 aliphatic rings. The van der Waals surface area contributed by atoms with Crippen LogP contribution in [0.15, 0.2) is 0 Å². The van der Waals surface area contributed by atoms with Crippen molar-refractivity contribution >= 4 is 11.6 Å². The van der Waals surface area contributed by atoms with Crippen molar-refractivity contribution in [3.05, 3.63) is 0 Å². The molecule has 25 heavy (non-hydrogen) atoms. The van der Waals surface area contributed by atoms with Crippen LogP contribution in [-0.4, -0.2) is 22.3 Å². The maximum Gasteiger partial charge on any atom is 0.137 e. The number of fused-ring (bicyclic) bond motifs is 5. The number of ketones is 2. The number of carbonyl (C=O) groups is 2. The van der Waals surface area contributed by atoms with Crippen molar-refractivity contribution in [2.75, 3.05) is 0 Å². The molecule has 0 amide bonds. The second-order valence-electron chi connectivity index (χ2n) is 10.6. The molecule has 0 heterocycles. The van der Waals surface area contributed by atoms with Crippen molar-refractivity contribution in [3.63, 3.8) is 0 Å². The van der Waals surface area contributed by atoms with Crippen LogP contribution in [0.25, 0.3) is 0 Å². The van der Waals surface area contributed by atoms with Gasteiger partial charge in [-0.15, -0.1) is 0 Å². The number of hydrogen-bond acceptors (Lipinski definition) is 3. The van der Waals surface area contributed by atoms with E-state index in [0.717, 1.165) is 44.9 Å². The van der Waals surface area contributed by atoms with Gasteiger partial charge in [0.15, 0.2) is 0 Å². The first kappa shape index (κ1) is 17.7. The lowest BCUT2D eigenvalue weighted by Gasteiger charge is -2.60. The van der Waals surface area contributed by atoms with Crippen molar-refractivity contribution in [1.29, 1.82) is 0 Å². The Morgan fingerprint density at radius 2 is 1.76 bits per heavy atom. The van der Waals surface area contributed by atoms with Gasteiger partial charge < -0.3 is 5.11 Å². The number of rotatable bonds is 1. The van der Waals surface area contributed by atoms with E-state index in [1.165, 1.54) is 0 Å². The fourth-order valence-electron chi connectivity index (χ4n) is 7.91. The largest absolute Gasteiger partial charge is 0.390 e. The smallest absolute Gasteiger partial charge is 0.137 e. The summed E-state index contributed by atoms with van der Waals surface area (Å²) < 4.78 is 0. The van der Waals surface area contributed by atoms with Crippen molar-refractivity contribution < 1.29 is 14.7 Å². The molecular weight excluding hydrogens is 312 g/mol. The van der Waals surface area contributed by atoms with Gasteiger partial charge in [0.1, 0.15) is 11.6 Å². The van der Waals surface area contributed by atoms with Crippen LogP contribution >= 0.6 is 0 Å². The van der Waals surface area contributed by atoms with E-state index in [2.05, 4.69) is 13.8 Å². The Morgan fingerprint density at radius 1 is 1.04 bits per heavy atom. The minimum atomic E-state index is -0.559. The van der Waals surface area contributed by atoms with Crippen molar-refractivity contribution in [2.45, 2.75) is 84.7 Å². The molecule has 4 aliphatic carbocycles. The highest BCUT2D eigenvalue weighted by molar-refractivity contribution is 5.87. The highest BCUT2D eigenvalue weighted by Gasteiger charge is 2.64. The average molecular weight is 347 g/mol. The minimum absolute atomic E-state index is 0.0535.